The van der Waals surface area contributed by atoms with Gasteiger partial charge in [-0.25, -0.2) is 9.97 Å². The third-order valence-corrected chi connectivity index (χ3v) is 6.02. The number of alkyl halides is 3. The van der Waals surface area contributed by atoms with Gasteiger partial charge in [-0.15, -0.1) is 0 Å². The van der Waals surface area contributed by atoms with Gasteiger partial charge >= 0.3 is 6.18 Å². The van der Waals surface area contributed by atoms with Crippen LogP contribution in [0, 0.1) is 5.41 Å². The van der Waals surface area contributed by atoms with Gasteiger partial charge in [-0.05, 0) is 31.1 Å². The Morgan fingerprint density at radius 2 is 1.87 bits per heavy atom. The second kappa shape index (κ2) is 6.79. The van der Waals surface area contributed by atoms with E-state index in [1.165, 1.54) is 0 Å². The third-order valence-electron chi connectivity index (χ3n) is 6.02. The lowest BCUT2D eigenvalue weighted by atomic mass is 9.52. The van der Waals surface area contributed by atoms with Crippen molar-refractivity contribution in [3.8, 4) is 5.82 Å². The van der Waals surface area contributed by atoms with Crippen LogP contribution >= 0.6 is 0 Å². The summed E-state index contributed by atoms with van der Waals surface area (Å²) in [6.07, 6.45) is 8.70. The highest BCUT2D eigenvalue weighted by Gasteiger charge is 2.53. The summed E-state index contributed by atoms with van der Waals surface area (Å²) in [5, 5.41) is 5.57. The lowest BCUT2D eigenvalue weighted by Gasteiger charge is -2.58. The van der Waals surface area contributed by atoms with Crippen LogP contribution in [0.4, 0.5) is 13.2 Å². The van der Waals surface area contributed by atoms with Crippen molar-refractivity contribution in [2.75, 3.05) is 6.54 Å². The second-order valence-electron chi connectivity index (χ2n) is 8.24. The molecule has 2 saturated carbocycles. The molecule has 1 spiro atoms. The first-order valence-electron chi connectivity index (χ1n) is 9.73. The Morgan fingerprint density at radius 1 is 1.13 bits per heavy atom. The number of nitrogens with one attached hydrogen (secondary N) is 2. The number of carbonyl (C=O) groups is 1. The summed E-state index contributed by atoms with van der Waals surface area (Å²) in [7, 11) is 0. The summed E-state index contributed by atoms with van der Waals surface area (Å²) in [6.45, 7) is -0.949. The normalized spacial score (nSPS) is 25.8. The maximum absolute atomic E-state index is 12.9. The maximum Gasteiger partial charge on any atom is 0.401 e. The van der Waals surface area contributed by atoms with Gasteiger partial charge in [0.2, 0.25) is 5.82 Å². The zero-order valence-electron chi connectivity index (χ0n) is 15.9. The van der Waals surface area contributed by atoms with Crippen LogP contribution in [-0.2, 0) is 0 Å². The number of fused-ring (bicyclic) bond motifs is 1. The smallest absolute Gasteiger partial charge is 0.347 e. The average Bonchev–Trinajstić information content (AvgIpc) is 3.28. The Balaban J connectivity index is 1.22. The van der Waals surface area contributed by atoms with E-state index in [4.69, 9.17) is 0 Å². The first-order valence-corrected chi connectivity index (χ1v) is 9.73. The average molecular weight is 419 g/mol. The molecule has 0 saturated heterocycles. The van der Waals surface area contributed by atoms with E-state index < -0.39 is 12.7 Å². The molecule has 2 aliphatic carbocycles. The molecular weight excluding hydrogens is 399 g/mol. The van der Waals surface area contributed by atoms with Crippen LogP contribution in [0.5, 0.6) is 0 Å². The van der Waals surface area contributed by atoms with Crippen molar-refractivity contribution in [1.29, 1.82) is 0 Å². The maximum atomic E-state index is 12.9. The second-order valence-corrected chi connectivity index (χ2v) is 8.24. The number of hydrogen-bond donors (Lipinski definition) is 2. The van der Waals surface area contributed by atoms with Crippen LogP contribution in [0.15, 0.2) is 37.3 Å². The standard InChI is InChI=1S/C19H20F3N7O/c20-19(21,22)10-25-12-5-18(6-12)7-13(8-18)26-17(30)16-27-15(28-3-1-24-11-28)14-9-23-2-4-29(14)16/h1-4,9,11-13,25H,5-8,10H2,(H,26,30). The molecule has 0 radical (unpaired) electrons. The summed E-state index contributed by atoms with van der Waals surface area (Å²) >= 11 is 0. The van der Waals surface area contributed by atoms with E-state index in [9.17, 15) is 18.0 Å². The van der Waals surface area contributed by atoms with E-state index in [2.05, 4.69) is 25.6 Å². The molecule has 5 rings (SSSR count). The Labute approximate surface area is 169 Å². The topological polar surface area (TPSA) is 89.1 Å². The van der Waals surface area contributed by atoms with Gasteiger partial charge in [-0.2, -0.15) is 13.2 Å². The Hall–Kier alpha value is -2.95. The van der Waals surface area contributed by atoms with Gasteiger partial charge in [0.25, 0.3) is 5.91 Å². The Kier molecular flexibility index (Phi) is 4.31. The predicted octanol–water partition coefficient (Wildman–Crippen LogP) is 2.11. The molecule has 8 nitrogen and oxygen atoms in total. The van der Waals surface area contributed by atoms with Gasteiger partial charge in [0.05, 0.1) is 12.7 Å². The minimum atomic E-state index is -4.18. The van der Waals surface area contributed by atoms with Crippen LogP contribution in [0.2, 0.25) is 0 Å². The number of rotatable bonds is 5. The van der Waals surface area contributed by atoms with Gasteiger partial charge < -0.3 is 10.6 Å². The van der Waals surface area contributed by atoms with E-state index in [0.717, 1.165) is 25.7 Å². The van der Waals surface area contributed by atoms with Gasteiger partial charge in [-0.3, -0.25) is 18.7 Å². The number of nitrogens with zero attached hydrogens (tertiary/aromatic N) is 5. The number of hydrogen-bond acceptors (Lipinski definition) is 5. The number of imidazole rings is 2. The summed E-state index contributed by atoms with van der Waals surface area (Å²) in [5.41, 5.74) is 0.741. The highest BCUT2D eigenvalue weighted by Crippen LogP contribution is 2.56. The van der Waals surface area contributed by atoms with Crippen molar-refractivity contribution in [3.63, 3.8) is 0 Å². The first kappa shape index (κ1) is 19.0. The Bertz CT molecular complexity index is 1060. The van der Waals surface area contributed by atoms with E-state index in [-0.39, 0.29) is 29.2 Å². The summed E-state index contributed by atoms with van der Waals surface area (Å²) in [4.78, 5) is 25.5. The molecule has 1 amide bonds. The van der Waals surface area contributed by atoms with Gasteiger partial charge in [0, 0.05) is 36.9 Å². The van der Waals surface area contributed by atoms with Crippen LogP contribution in [0.25, 0.3) is 11.3 Å². The lowest BCUT2D eigenvalue weighted by Crippen LogP contribution is -2.61. The first-order chi connectivity index (χ1) is 14.3. The zero-order chi connectivity index (χ0) is 20.9. The minimum absolute atomic E-state index is 0.00643. The highest BCUT2D eigenvalue weighted by molar-refractivity contribution is 5.93. The van der Waals surface area contributed by atoms with Gasteiger partial charge in [0.15, 0.2) is 5.82 Å². The van der Waals surface area contributed by atoms with Crippen LogP contribution in [0.3, 0.4) is 0 Å². The molecule has 2 fully saturated rings. The molecule has 2 N–H and O–H groups in total. The van der Waals surface area contributed by atoms with E-state index in [1.807, 2.05) is 0 Å². The van der Waals surface area contributed by atoms with Crippen molar-refractivity contribution in [2.24, 2.45) is 5.41 Å². The van der Waals surface area contributed by atoms with Crippen molar-refractivity contribution in [3.05, 3.63) is 43.1 Å². The Morgan fingerprint density at radius 3 is 2.57 bits per heavy atom. The number of aromatic nitrogens is 5. The molecule has 0 bridgehead atoms. The van der Waals surface area contributed by atoms with Crippen LogP contribution in [0.1, 0.15) is 36.3 Å². The minimum Gasteiger partial charge on any atom is -0.347 e. The quantitative estimate of drug-likeness (QED) is 0.661. The van der Waals surface area contributed by atoms with E-state index in [0.29, 0.717) is 11.3 Å². The van der Waals surface area contributed by atoms with Crippen molar-refractivity contribution in [1.82, 2.24) is 34.6 Å². The lowest BCUT2D eigenvalue weighted by molar-refractivity contribution is -0.132. The number of carbonyl (C=O) groups excluding carboxylic acids is 1. The van der Waals surface area contributed by atoms with E-state index >= 15 is 0 Å². The fraction of sp³-hybridized carbons (Fsp3) is 0.474. The summed E-state index contributed by atoms with van der Waals surface area (Å²) in [6, 6.07) is -0.0864. The molecule has 0 aliphatic heterocycles. The number of amides is 1. The molecule has 11 heteroatoms. The fourth-order valence-corrected chi connectivity index (χ4v) is 4.72. The molecule has 158 valence electrons. The fourth-order valence-electron chi connectivity index (χ4n) is 4.72. The molecule has 30 heavy (non-hydrogen) atoms. The zero-order valence-corrected chi connectivity index (χ0v) is 15.9. The molecule has 3 aromatic rings. The predicted molar refractivity (Wildman–Crippen MR) is 100 cm³/mol. The van der Waals surface area contributed by atoms with Gasteiger partial charge in [-0.1, -0.05) is 0 Å². The molecule has 2 aliphatic rings. The summed E-state index contributed by atoms with van der Waals surface area (Å²) in [5.74, 6) is 0.539. The van der Waals surface area contributed by atoms with Crippen molar-refractivity contribution in [2.45, 2.75) is 43.9 Å². The SMILES string of the molecule is O=C(NC1CC2(CC(NCC(F)(F)F)C2)C1)c1nc(-n2ccnc2)c2cnccn12. The molecule has 0 aromatic carbocycles. The number of halogens is 3. The highest BCUT2D eigenvalue weighted by atomic mass is 19.4. The summed E-state index contributed by atoms with van der Waals surface area (Å²) < 4.78 is 40.3. The largest absolute Gasteiger partial charge is 0.401 e. The molecule has 0 atom stereocenters. The van der Waals surface area contributed by atoms with Crippen LogP contribution < -0.4 is 10.6 Å². The molecule has 0 unspecified atom stereocenters. The van der Waals surface area contributed by atoms with E-state index in [1.54, 1.807) is 46.3 Å². The van der Waals surface area contributed by atoms with Crippen molar-refractivity contribution >= 4 is 11.4 Å². The van der Waals surface area contributed by atoms with Gasteiger partial charge in [0.1, 0.15) is 11.8 Å². The van der Waals surface area contributed by atoms with Crippen LogP contribution in [-0.4, -0.2) is 54.6 Å². The molecule has 3 aromatic heterocycles. The van der Waals surface area contributed by atoms with Crippen molar-refractivity contribution < 1.29 is 18.0 Å². The monoisotopic (exact) mass is 419 g/mol. The third kappa shape index (κ3) is 3.42. The molecular formula is C19H20F3N7O. The molecule has 3 heterocycles.